The second kappa shape index (κ2) is 3.32. The minimum atomic E-state index is -1.25. The highest BCUT2D eigenvalue weighted by Gasteiger charge is 2.17. The average molecular weight is 182 g/mol. The second-order valence-electron chi connectivity index (χ2n) is 2.63. The fourth-order valence-corrected chi connectivity index (χ4v) is 0.955. The molecule has 5 heteroatoms. The second-order valence-corrected chi connectivity index (χ2v) is 2.63. The summed E-state index contributed by atoms with van der Waals surface area (Å²) in [4.78, 5) is 10.5. The van der Waals surface area contributed by atoms with E-state index in [-0.39, 0.29) is 11.3 Å². The first kappa shape index (κ1) is 9.34. The summed E-state index contributed by atoms with van der Waals surface area (Å²) in [5.74, 6) is -1.37. The molecule has 0 bridgehead atoms. The van der Waals surface area contributed by atoms with Crippen molar-refractivity contribution < 1.29 is 15.0 Å². The maximum Gasteiger partial charge on any atom is 0.325 e. The number of nitrogen functional groups attached to an aromatic ring is 1. The number of phenols is 1. The average Bonchev–Trinajstić information content (AvgIpc) is 2.08. The number of carbonyl (C=O) groups is 1. The number of benzene rings is 1. The van der Waals surface area contributed by atoms with E-state index in [4.69, 9.17) is 16.6 Å². The van der Waals surface area contributed by atoms with Crippen molar-refractivity contribution >= 4 is 11.7 Å². The highest BCUT2D eigenvalue weighted by Crippen LogP contribution is 2.24. The number of hydrogen-bond donors (Lipinski definition) is 4. The molecular weight excluding hydrogens is 172 g/mol. The van der Waals surface area contributed by atoms with E-state index in [1.807, 2.05) is 0 Å². The summed E-state index contributed by atoms with van der Waals surface area (Å²) in [6.45, 7) is 0. The molecule has 0 fully saturated rings. The van der Waals surface area contributed by atoms with Crippen LogP contribution in [0.3, 0.4) is 0 Å². The van der Waals surface area contributed by atoms with Gasteiger partial charge in [0.25, 0.3) is 0 Å². The van der Waals surface area contributed by atoms with Gasteiger partial charge in [-0.25, -0.2) is 0 Å². The molecule has 6 N–H and O–H groups in total. The number of rotatable bonds is 2. The van der Waals surface area contributed by atoms with E-state index in [0.29, 0.717) is 5.69 Å². The first-order valence-corrected chi connectivity index (χ1v) is 3.59. The topological polar surface area (TPSA) is 110 Å². The SMILES string of the molecule is Nc1ccc(O)c(C(N)C(=O)O)c1. The molecule has 1 atom stereocenters. The molecule has 0 aliphatic rings. The van der Waals surface area contributed by atoms with Crippen molar-refractivity contribution in [3.63, 3.8) is 0 Å². The van der Waals surface area contributed by atoms with E-state index in [2.05, 4.69) is 0 Å². The van der Waals surface area contributed by atoms with Crippen LogP contribution >= 0.6 is 0 Å². The molecule has 70 valence electrons. The highest BCUT2D eigenvalue weighted by atomic mass is 16.4. The first-order valence-electron chi connectivity index (χ1n) is 3.59. The number of carboxylic acids is 1. The zero-order valence-electron chi connectivity index (χ0n) is 6.77. The smallest absolute Gasteiger partial charge is 0.325 e. The Hall–Kier alpha value is -1.75. The molecule has 1 aromatic rings. The lowest BCUT2D eigenvalue weighted by atomic mass is 10.1. The fraction of sp³-hybridized carbons (Fsp3) is 0.125. The molecule has 0 aromatic heterocycles. The van der Waals surface area contributed by atoms with Crippen LogP contribution in [0.2, 0.25) is 0 Å². The zero-order chi connectivity index (χ0) is 10.0. The summed E-state index contributed by atoms with van der Waals surface area (Å²) in [5.41, 5.74) is 11.2. The molecule has 13 heavy (non-hydrogen) atoms. The van der Waals surface area contributed by atoms with Gasteiger partial charge in [0.2, 0.25) is 0 Å². The van der Waals surface area contributed by atoms with Crippen LogP contribution in [0.4, 0.5) is 5.69 Å². The summed E-state index contributed by atoms with van der Waals surface area (Å²) in [6, 6.07) is 2.87. The highest BCUT2D eigenvalue weighted by molar-refractivity contribution is 5.76. The third-order valence-corrected chi connectivity index (χ3v) is 1.65. The summed E-state index contributed by atoms with van der Waals surface area (Å²) >= 11 is 0. The van der Waals surface area contributed by atoms with Crippen LogP contribution in [0.25, 0.3) is 0 Å². The lowest BCUT2D eigenvalue weighted by Crippen LogP contribution is -2.20. The van der Waals surface area contributed by atoms with Crippen molar-refractivity contribution in [2.75, 3.05) is 5.73 Å². The molecule has 0 heterocycles. The normalized spacial score (nSPS) is 12.4. The number of hydrogen-bond acceptors (Lipinski definition) is 4. The lowest BCUT2D eigenvalue weighted by Gasteiger charge is -2.09. The van der Waals surface area contributed by atoms with E-state index in [0.717, 1.165) is 0 Å². The number of aliphatic carboxylic acids is 1. The van der Waals surface area contributed by atoms with Gasteiger partial charge in [-0.05, 0) is 18.2 Å². The molecular formula is C8H10N2O3. The standard InChI is InChI=1S/C8H10N2O3/c9-4-1-2-6(11)5(3-4)7(10)8(12)13/h1-3,7,11H,9-10H2,(H,12,13). The van der Waals surface area contributed by atoms with Gasteiger partial charge in [-0.15, -0.1) is 0 Å². The minimum Gasteiger partial charge on any atom is -0.508 e. The number of nitrogens with two attached hydrogens (primary N) is 2. The summed E-state index contributed by atoms with van der Waals surface area (Å²) < 4.78 is 0. The lowest BCUT2D eigenvalue weighted by molar-refractivity contribution is -0.138. The van der Waals surface area contributed by atoms with E-state index in [9.17, 15) is 9.90 Å². The van der Waals surface area contributed by atoms with E-state index < -0.39 is 12.0 Å². The van der Waals surface area contributed by atoms with Crippen LogP contribution in [0.15, 0.2) is 18.2 Å². The van der Waals surface area contributed by atoms with Crippen LogP contribution in [0.5, 0.6) is 5.75 Å². The van der Waals surface area contributed by atoms with Gasteiger partial charge < -0.3 is 21.7 Å². The van der Waals surface area contributed by atoms with Crippen molar-refractivity contribution in [2.45, 2.75) is 6.04 Å². The van der Waals surface area contributed by atoms with E-state index in [1.54, 1.807) is 0 Å². The van der Waals surface area contributed by atoms with E-state index in [1.165, 1.54) is 18.2 Å². The Morgan fingerprint density at radius 1 is 1.46 bits per heavy atom. The molecule has 0 radical (unpaired) electrons. The predicted octanol–water partition coefficient (Wildman–Crippen LogP) is 0.0588. The van der Waals surface area contributed by atoms with E-state index >= 15 is 0 Å². The van der Waals surface area contributed by atoms with Crippen molar-refractivity contribution in [2.24, 2.45) is 5.73 Å². The number of phenolic OH excluding ortho intramolecular Hbond substituents is 1. The van der Waals surface area contributed by atoms with Gasteiger partial charge >= 0.3 is 5.97 Å². The monoisotopic (exact) mass is 182 g/mol. The Morgan fingerprint density at radius 2 is 2.08 bits per heavy atom. The van der Waals surface area contributed by atoms with Gasteiger partial charge in [0.05, 0.1) is 0 Å². The Morgan fingerprint density at radius 3 is 2.62 bits per heavy atom. The molecule has 0 aliphatic carbocycles. The maximum atomic E-state index is 10.5. The Bertz CT molecular complexity index is 338. The quantitative estimate of drug-likeness (QED) is 0.382. The third kappa shape index (κ3) is 1.88. The van der Waals surface area contributed by atoms with Crippen molar-refractivity contribution in [1.29, 1.82) is 0 Å². The van der Waals surface area contributed by atoms with Gasteiger partial charge in [0.15, 0.2) is 0 Å². The summed E-state index contributed by atoms with van der Waals surface area (Å²) in [5, 5.41) is 17.8. The minimum absolute atomic E-state index is 0.118. The van der Waals surface area contributed by atoms with Crippen LogP contribution < -0.4 is 11.5 Å². The molecule has 0 aliphatic heterocycles. The van der Waals surface area contributed by atoms with Gasteiger partial charge in [-0.1, -0.05) is 0 Å². The predicted molar refractivity (Wildman–Crippen MR) is 47.1 cm³/mol. The molecule has 0 saturated carbocycles. The fourth-order valence-electron chi connectivity index (χ4n) is 0.955. The van der Waals surface area contributed by atoms with Gasteiger partial charge in [0, 0.05) is 11.3 Å². The molecule has 1 aromatic carbocycles. The van der Waals surface area contributed by atoms with Crippen LogP contribution in [0.1, 0.15) is 11.6 Å². The Labute approximate surface area is 74.6 Å². The Kier molecular flexibility index (Phi) is 2.39. The first-order chi connectivity index (χ1) is 6.02. The molecule has 1 unspecified atom stereocenters. The van der Waals surface area contributed by atoms with Crippen LogP contribution in [0, 0.1) is 0 Å². The maximum absolute atomic E-state index is 10.5. The molecule has 0 saturated heterocycles. The van der Waals surface area contributed by atoms with Gasteiger partial charge in [0.1, 0.15) is 11.8 Å². The van der Waals surface area contributed by atoms with Crippen LogP contribution in [-0.4, -0.2) is 16.2 Å². The Balaban J connectivity index is 3.12. The van der Waals surface area contributed by atoms with Gasteiger partial charge in [-0.2, -0.15) is 0 Å². The zero-order valence-corrected chi connectivity index (χ0v) is 6.77. The van der Waals surface area contributed by atoms with Crippen LogP contribution in [-0.2, 0) is 4.79 Å². The largest absolute Gasteiger partial charge is 0.508 e. The molecule has 0 spiro atoms. The summed E-state index contributed by atoms with van der Waals surface area (Å²) in [6.07, 6.45) is 0. The number of carboxylic acid groups (broad SMARTS) is 1. The van der Waals surface area contributed by atoms with Crippen molar-refractivity contribution in [1.82, 2.24) is 0 Å². The third-order valence-electron chi connectivity index (χ3n) is 1.65. The molecule has 1 rings (SSSR count). The number of anilines is 1. The molecule has 0 amide bonds. The molecule has 5 nitrogen and oxygen atoms in total. The number of aromatic hydroxyl groups is 1. The van der Waals surface area contributed by atoms with Crippen molar-refractivity contribution in [3.8, 4) is 5.75 Å². The van der Waals surface area contributed by atoms with Crippen molar-refractivity contribution in [3.05, 3.63) is 23.8 Å². The summed E-state index contributed by atoms with van der Waals surface area (Å²) in [7, 11) is 0. The van der Waals surface area contributed by atoms with Gasteiger partial charge in [-0.3, -0.25) is 4.79 Å².